The molecule has 0 saturated carbocycles. The van der Waals surface area contributed by atoms with Crippen LogP contribution in [0.5, 0.6) is 0 Å². The average molecular weight is 309 g/mol. The molecule has 0 bridgehead atoms. The van der Waals surface area contributed by atoms with Crippen molar-refractivity contribution < 1.29 is 13.6 Å². The molecule has 0 unspecified atom stereocenters. The van der Waals surface area contributed by atoms with Crippen molar-refractivity contribution in [3.05, 3.63) is 70.2 Å². The molecular formula is C15H11ClF2N2O. The summed E-state index contributed by atoms with van der Waals surface area (Å²) in [5, 5.41) is 4.12. The monoisotopic (exact) mass is 308 g/mol. The molecule has 1 N–H and O–H groups in total. The van der Waals surface area contributed by atoms with Crippen molar-refractivity contribution in [2.24, 2.45) is 5.10 Å². The minimum atomic E-state index is -0.742. The van der Waals surface area contributed by atoms with Gasteiger partial charge in [0.2, 0.25) is 0 Å². The summed E-state index contributed by atoms with van der Waals surface area (Å²) in [7, 11) is 0. The van der Waals surface area contributed by atoms with Gasteiger partial charge in [-0.3, -0.25) is 4.79 Å². The molecule has 1 amide bonds. The Labute approximate surface area is 125 Å². The molecule has 2 rings (SSSR count). The fourth-order valence-electron chi connectivity index (χ4n) is 1.73. The van der Waals surface area contributed by atoms with Gasteiger partial charge in [-0.15, -0.1) is 0 Å². The molecule has 0 fully saturated rings. The number of benzene rings is 2. The molecule has 108 valence electrons. The minimum Gasteiger partial charge on any atom is -0.267 e. The fourth-order valence-corrected chi connectivity index (χ4v) is 1.92. The molecule has 0 atom stereocenters. The van der Waals surface area contributed by atoms with E-state index in [1.807, 2.05) is 0 Å². The Morgan fingerprint density at radius 2 is 1.76 bits per heavy atom. The van der Waals surface area contributed by atoms with Gasteiger partial charge in [-0.25, -0.2) is 14.2 Å². The number of nitrogens with zero attached hydrogens (tertiary/aromatic N) is 1. The Bertz CT molecular complexity index is 696. The second-order valence-corrected chi connectivity index (χ2v) is 4.68. The predicted molar refractivity (Wildman–Crippen MR) is 77.5 cm³/mol. The number of hydrogen-bond donors (Lipinski definition) is 1. The average Bonchev–Trinajstić information content (AvgIpc) is 2.44. The van der Waals surface area contributed by atoms with Crippen molar-refractivity contribution in [3.8, 4) is 0 Å². The van der Waals surface area contributed by atoms with E-state index in [1.54, 1.807) is 18.2 Å². The number of hydrazone groups is 1. The summed E-state index contributed by atoms with van der Waals surface area (Å²) in [6.07, 6.45) is 0. The standard InChI is InChI=1S/C15H11ClF2N2O/c1-9(14-12(17)6-3-7-13(14)18)19-20-15(21)10-4-2-5-11(16)8-10/h2-8H,1H3,(H,20,21)/b19-9-. The second-order valence-electron chi connectivity index (χ2n) is 4.25. The van der Waals surface area contributed by atoms with E-state index >= 15 is 0 Å². The van der Waals surface area contributed by atoms with Crippen molar-refractivity contribution in [2.75, 3.05) is 0 Å². The molecule has 0 aliphatic rings. The number of amides is 1. The molecule has 0 heterocycles. The lowest BCUT2D eigenvalue weighted by Crippen LogP contribution is -2.20. The molecule has 0 aliphatic carbocycles. The van der Waals surface area contributed by atoms with Crippen LogP contribution in [0, 0.1) is 11.6 Å². The Balaban J connectivity index is 2.19. The first-order valence-corrected chi connectivity index (χ1v) is 6.41. The van der Waals surface area contributed by atoms with Gasteiger partial charge in [0, 0.05) is 10.6 Å². The number of hydrogen-bond acceptors (Lipinski definition) is 2. The van der Waals surface area contributed by atoms with Gasteiger partial charge in [0.1, 0.15) is 11.6 Å². The third-order valence-electron chi connectivity index (χ3n) is 2.74. The van der Waals surface area contributed by atoms with Crippen LogP contribution in [-0.4, -0.2) is 11.6 Å². The summed E-state index contributed by atoms with van der Waals surface area (Å²) in [4.78, 5) is 11.8. The van der Waals surface area contributed by atoms with Crippen LogP contribution in [0.1, 0.15) is 22.8 Å². The van der Waals surface area contributed by atoms with E-state index in [9.17, 15) is 13.6 Å². The van der Waals surface area contributed by atoms with E-state index in [2.05, 4.69) is 10.5 Å². The van der Waals surface area contributed by atoms with Crippen LogP contribution >= 0.6 is 11.6 Å². The number of carbonyl (C=O) groups excluding carboxylic acids is 1. The minimum absolute atomic E-state index is 0.0287. The molecule has 0 saturated heterocycles. The quantitative estimate of drug-likeness (QED) is 0.680. The van der Waals surface area contributed by atoms with Crippen LogP contribution in [0.3, 0.4) is 0 Å². The molecule has 0 aromatic heterocycles. The van der Waals surface area contributed by atoms with E-state index < -0.39 is 17.5 Å². The predicted octanol–water partition coefficient (Wildman–Crippen LogP) is 3.77. The summed E-state index contributed by atoms with van der Waals surface area (Å²) in [6, 6.07) is 9.76. The largest absolute Gasteiger partial charge is 0.271 e. The van der Waals surface area contributed by atoms with Crippen molar-refractivity contribution >= 4 is 23.2 Å². The number of rotatable bonds is 3. The van der Waals surface area contributed by atoms with Gasteiger partial charge in [0.15, 0.2) is 0 Å². The lowest BCUT2D eigenvalue weighted by molar-refractivity contribution is 0.0955. The summed E-state index contributed by atoms with van der Waals surface area (Å²) < 4.78 is 27.1. The zero-order chi connectivity index (χ0) is 15.4. The summed E-state index contributed by atoms with van der Waals surface area (Å²) in [5.41, 5.74) is 2.29. The van der Waals surface area contributed by atoms with Gasteiger partial charge in [0.05, 0.1) is 11.3 Å². The Kier molecular flexibility index (Phi) is 4.65. The summed E-state index contributed by atoms with van der Waals surface area (Å²) in [6.45, 7) is 1.40. The Morgan fingerprint density at radius 3 is 2.38 bits per heavy atom. The van der Waals surface area contributed by atoms with Crippen molar-refractivity contribution in [1.82, 2.24) is 5.43 Å². The van der Waals surface area contributed by atoms with Crippen LogP contribution < -0.4 is 5.43 Å². The fraction of sp³-hybridized carbons (Fsp3) is 0.0667. The molecule has 0 radical (unpaired) electrons. The molecule has 2 aromatic rings. The van der Waals surface area contributed by atoms with Crippen LogP contribution in [0.4, 0.5) is 8.78 Å². The van der Waals surface area contributed by atoms with Crippen molar-refractivity contribution in [2.45, 2.75) is 6.92 Å². The van der Waals surface area contributed by atoms with Crippen molar-refractivity contribution in [3.63, 3.8) is 0 Å². The second kappa shape index (κ2) is 6.45. The van der Waals surface area contributed by atoms with Gasteiger partial charge < -0.3 is 0 Å². The van der Waals surface area contributed by atoms with E-state index in [0.29, 0.717) is 10.6 Å². The first kappa shape index (κ1) is 15.1. The lowest BCUT2D eigenvalue weighted by Gasteiger charge is -2.05. The number of nitrogens with one attached hydrogen (secondary N) is 1. The first-order valence-electron chi connectivity index (χ1n) is 6.03. The normalized spacial score (nSPS) is 11.3. The molecule has 2 aromatic carbocycles. The van der Waals surface area contributed by atoms with E-state index in [1.165, 1.54) is 19.1 Å². The summed E-state index contributed by atoms with van der Waals surface area (Å²) >= 11 is 5.77. The third kappa shape index (κ3) is 3.64. The van der Waals surface area contributed by atoms with Crippen molar-refractivity contribution in [1.29, 1.82) is 0 Å². The smallest absolute Gasteiger partial charge is 0.267 e. The highest BCUT2D eigenvalue weighted by atomic mass is 35.5. The van der Waals surface area contributed by atoms with Crippen LogP contribution in [0.15, 0.2) is 47.6 Å². The lowest BCUT2D eigenvalue weighted by atomic mass is 10.1. The van der Waals surface area contributed by atoms with Gasteiger partial charge in [-0.2, -0.15) is 5.10 Å². The maximum atomic E-state index is 13.6. The molecule has 21 heavy (non-hydrogen) atoms. The van der Waals surface area contributed by atoms with E-state index in [4.69, 9.17) is 11.6 Å². The first-order chi connectivity index (χ1) is 9.99. The topological polar surface area (TPSA) is 41.5 Å². The zero-order valence-corrected chi connectivity index (χ0v) is 11.8. The summed E-state index contributed by atoms with van der Waals surface area (Å²) in [5.74, 6) is -2.00. The Hall–Kier alpha value is -2.27. The SMILES string of the molecule is C/C(=N/NC(=O)c1cccc(Cl)c1)c1c(F)cccc1F. The van der Waals surface area contributed by atoms with Gasteiger partial charge in [0.25, 0.3) is 5.91 Å². The van der Waals surface area contributed by atoms with Gasteiger partial charge in [-0.05, 0) is 37.3 Å². The maximum Gasteiger partial charge on any atom is 0.271 e. The molecular weight excluding hydrogens is 298 g/mol. The van der Waals surface area contributed by atoms with Crippen LogP contribution in [0.25, 0.3) is 0 Å². The molecule has 0 spiro atoms. The molecule has 0 aliphatic heterocycles. The third-order valence-corrected chi connectivity index (χ3v) is 2.97. The Morgan fingerprint density at radius 1 is 1.14 bits per heavy atom. The maximum absolute atomic E-state index is 13.6. The highest BCUT2D eigenvalue weighted by Gasteiger charge is 2.12. The highest BCUT2D eigenvalue weighted by molar-refractivity contribution is 6.30. The van der Waals surface area contributed by atoms with Crippen LogP contribution in [-0.2, 0) is 0 Å². The number of halogens is 3. The van der Waals surface area contributed by atoms with E-state index in [0.717, 1.165) is 12.1 Å². The van der Waals surface area contributed by atoms with Gasteiger partial charge in [-0.1, -0.05) is 23.7 Å². The number of carbonyl (C=O) groups is 1. The van der Waals surface area contributed by atoms with E-state index in [-0.39, 0.29) is 11.3 Å². The molecule has 6 heteroatoms. The van der Waals surface area contributed by atoms with Crippen LogP contribution in [0.2, 0.25) is 5.02 Å². The highest BCUT2D eigenvalue weighted by Crippen LogP contribution is 2.13. The molecule has 3 nitrogen and oxygen atoms in total. The van der Waals surface area contributed by atoms with Gasteiger partial charge >= 0.3 is 0 Å². The zero-order valence-electron chi connectivity index (χ0n) is 11.0.